The number of ether oxygens (including phenoxy) is 1. The summed E-state index contributed by atoms with van der Waals surface area (Å²) in [5.74, 6) is 1.93. The van der Waals surface area contributed by atoms with Crippen LogP contribution >= 0.6 is 0 Å². The third-order valence-corrected chi connectivity index (χ3v) is 4.96. The Hall–Kier alpha value is -1.55. The lowest BCUT2D eigenvalue weighted by atomic mass is 9.87. The van der Waals surface area contributed by atoms with Gasteiger partial charge in [0.2, 0.25) is 5.91 Å². The van der Waals surface area contributed by atoms with Crippen molar-refractivity contribution in [2.75, 3.05) is 13.1 Å². The molecule has 2 N–H and O–H groups in total. The number of rotatable bonds is 4. The van der Waals surface area contributed by atoms with E-state index in [0.29, 0.717) is 11.8 Å². The van der Waals surface area contributed by atoms with Crippen LogP contribution in [0.1, 0.15) is 32.3 Å². The van der Waals surface area contributed by atoms with Gasteiger partial charge in [0, 0.05) is 17.4 Å². The number of hydrogen-bond acceptors (Lipinski definition) is 3. The summed E-state index contributed by atoms with van der Waals surface area (Å²) in [5.41, 5.74) is 1.24. The van der Waals surface area contributed by atoms with E-state index in [1.54, 1.807) is 0 Å². The van der Waals surface area contributed by atoms with Crippen molar-refractivity contribution in [3.8, 4) is 5.75 Å². The van der Waals surface area contributed by atoms with E-state index in [1.807, 2.05) is 32.0 Å². The number of nitrogens with one attached hydrogen (secondary N) is 2. The third kappa shape index (κ3) is 2.64. The molecule has 2 aliphatic heterocycles. The molecule has 21 heavy (non-hydrogen) atoms. The van der Waals surface area contributed by atoms with Gasteiger partial charge in [0.25, 0.3) is 0 Å². The molecule has 1 aromatic carbocycles. The number of amides is 1. The van der Waals surface area contributed by atoms with E-state index in [0.717, 1.165) is 18.8 Å². The van der Waals surface area contributed by atoms with E-state index in [-0.39, 0.29) is 24.0 Å². The van der Waals surface area contributed by atoms with Crippen molar-refractivity contribution >= 4 is 5.91 Å². The average Bonchev–Trinajstić information content (AvgIpc) is 2.75. The highest BCUT2D eigenvalue weighted by Crippen LogP contribution is 2.38. The first kappa shape index (κ1) is 14.4. The zero-order valence-corrected chi connectivity index (χ0v) is 12.9. The maximum absolute atomic E-state index is 12.3. The quantitative estimate of drug-likeness (QED) is 0.890. The molecule has 1 fully saturated rings. The van der Waals surface area contributed by atoms with E-state index >= 15 is 0 Å². The van der Waals surface area contributed by atoms with E-state index in [2.05, 4.69) is 23.6 Å². The predicted octanol–water partition coefficient (Wildman–Crippen LogP) is 1.91. The third-order valence-electron chi connectivity index (χ3n) is 4.96. The molecular formula is C17H24N2O2. The van der Waals surface area contributed by atoms with Crippen LogP contribution in [-0.4, -0.2) is 31.1 Å². The number of fused-ring (bicyclic) bond motifs is 1. The molecule has 0 aromatic heterocycles. The summed E-state index contributed by atoms with van der Waals surface area (Å²) in [4.78, 5) is 12.3. The van der Waals surface area contributed by atoms with Crippen LogP contribution in [0, 0.1) is 11.8 Å². The molecule has 2 heterocycles. The van der Waals surface area contributed by atoms with Gasteiger partial charge in [-0.1, -0.05) is 32.0 Å². The van der Waals surface area contributed by atoms with Crippen molar-refractivity contribution in [2.24, 2.45) is 11.8 Å². The van der Waals surface area contributed by atoms with Gasteiger partial charge in [0.05, 0.1) is 6.04 Å². The first-order chi connectivity index (χ1) is 10.1. The molecule has 0 bridgehead atoms. The normalized spacial score (nSPS) is 27.2. The Morgan fingerprint density at radius 3 is 2.67 bits per heavy atom. The monoisotopic (exact) mass is 288 g/mol. The van der Waals surface area contributed by atoms with E-state index in [1.165, 1.54) is 5.56 Å². The first-order valence-corrected chi connectivity index (χ1v) is 7.84. The lowest BCUT2D eigenvalue weighted by Gasteiger charge is -2.33. The van der Waals surface area contributed by atoms with Gasteiger partial charge in [-0.2, -0.15) is 0 Å². The minimum absolute atomic E-state index is 0.00962. The van der Waals surface area contributed by atoms with Gasteiger partial charge in [-0.25, -0.2) is 0 Å². The summed E-state index contributed by atoms with van der Waals surface area (Å²) in [7, 11) is 0. The van der Waals surface area contributed by atoms with Gasteiger partial charge in [0.15, 0.2) is 0 Å². The van der Waals surface area contributed by atoms with Gasteiger partial charge >= 0.3 is 0 Å². The Morgan fingerprint density at radius 2 is 2.05 bits per heavy atom. The van der Waals surface area contributed by atoms with Crippen molar-refractivity contribution in [2.45, 2.75) is 38.8 Å². The lowest BCUT2D eigenvalue weighted by Crippen LogP contribution is -2.52. The van der Waals surface area contributed by atoms with Crippen LogP contribution in [0.2, 0.25) is 0 Å². The van der Waals surface area contributed by atoms with E-state index in [9.17, 15) is 4.79 Å². The van der Waals surface area contributed by atoms with Crippen LogP contribution < -0.4 is 15.4 Å². The fourth-order valence-electron chi connectivity index (χ4n) is 3.24. The van der Waals surface area contributed by atoms with Crippen LogP contribution in [0.25, 0.3) is 0 Å². The second-order valence-corrected chi connectivity index (χ2v) is 6.41. The van der Waals surface area contributed by atoms with Crippen molar-refractivity contribution in [1.29, 1.82) is 0 Å². The first-order valence-electron chi connectivity index (χ1n) is 7.84. The maximum atomic E-state index is 12.3. The molecule has 0 spiro atoms. The lowest BCUT2D eigenvalue weighted by molar-refractivity contribution is -0.128. The van der Waals surface area contributed by atoms with Gasteiger partial charge < -0.3 is 15.4 Å². The molecule has 0 aliphatic carbocycles. The highest BCUT2D eigenvalue weighted by atomic mass is 16.5. The Bertz CT molecular complexity index is 527. The summed E-state index contributed by atoms with van der Waals surface area (Å²) in [6.45, 7) is 8.12. The average molecular weight is 288 g/mol. The van der Waals surface area contributed by atoms with Crippen LogP contribution in [-0.2, 0) is 4.79 Å². The summed E-state index contributed by atoms with van der Waals surface area (Å²) in [6, 6.07) is 8.15. The standard InChI is InChI=1S/C17H24N2O2/c1-10(13-8-18-9-13)17(20)19-12(3)16-11(2)14-6-4-5-7-15(14)21-16/h4-7,10-13,16,18H,8-9H2,1-3H3,(H,19,20). The summed E-state index contributed by atoms with van der Waals surface area (Å²) >= 11 is 0. The Morgan fingerprint density at radius 1 is 1.33 bits per heavy atom. The van der Waals surface area contributed by atoms with Crippen molar-refractivity contribution in [3.05, 3.63) is 29.8 Å². The molecule has 1 amide bonds. The molecule has 1 aromatic rings. The second-order valence-electron chi connectivity index (χ2n) is 6.41. The van der Waals surface area contributed by atoms with Gasteiger partial charge in [-0.15, -0.1) is 0 Å². The fourth-order valence-corrected chi connectivity index (χ4v) is 3.24. The molecule has 3 rings (SSSR count). The largest absolute Gasteiger partial charge is 0.487 e. The number of hydrogen-bond donors (Lipinski definition) is 2. The molecule has 2 aliphatic rings. The highest BCUT2D eigenvalue weighted by Gasteiger charge is 2.36. The zero-order chi connectivity index (χ0) is 15.0. The topological polar surface area (TPSA) is 50.4 Å². The van der Waals surface area contributed by atoms with Gasteiger partial charge in [-0.3, -0.25) is 4.79 Å². The van der Waals surface area contributed by atoms with Crippen molar-refractivity contribution in [3.63, 3.8) is 0 Å². The number of benzene rings is 1. The van der Waals surface area contributed by atoms with E-state index in [4.69, 9.17) is 4.74 Å². The van der Waals surface area contributed by atoms with Gasteiger partial charge in [-0.05, 0) is 32.0 Å². The minimum Gasteiger partial charge on any atom is -0.487 e. The van der Waals surface area contributed by atoms with Crippen LogP contribution in [0.3, 0.4) is 0 Å². The molecule has 4 nitrogen and oxygen atoms in total. The molecule has 0 saturated carbocycles. The maximum Gasteiger partial charge on any atom is 0.223 e. The fraction of sp³-hybridized carbons (Fsp3) is 0.588. The molecule has 4 unspecified atom stereocenters. The molecule has 4 heteroatoms. The minimum atomic E-state index is 0.00962. The van der Waals surface area contributed by atoms with Gasteiger partial charge in [0.1, 0.15) is 11.9 Å². The zero-order valence-electron chi connectivity index (χ0n) is 12.9. The predicted molar refractivity (Wildman–Crippen MR) is 82.4 cm³/mol. The SMILES string of the molecule is CC(NC(=O)C(C)C1CNC1)C1Oc2ccccc2C1C. The molecule has 1 saturated heterocycles. The summed E-state index contributed by atoms with van der Waals surface area (Å²) in [6.07, 6.45) is 0.0121. The van der Waals surface area contributed by atoms with E-state index < -0.39 is 0 Å². The van der Waals surface area contributed by atoms with Crippen LogP contribution in [0.5, 0.6) is 5.75 Å². The number of para-hydroxylation sites is 1. The number of carbonyl (C=O) groups is 1. The summed E-state index contributed by atoms with van der Waals surface area (Å²) < 4.78 is 6.04. The molecule has 0 radical (unpaired) electrons. The summed E-state index contributed by atoms with van der Waals surface area (Å²) in [5, 5.41) is 6.36. The number of carbonyl (C=O) groups excluding carboxylic acids is 1. The highest BCUT2D eigenvalue weighted by molar-refractivity contribution is 5.79. The smallest absolute Gasteiger partial charge is 0.223 e. The van der Waals surface area contributed by atoms with Crippen LogP contribution in [0.15, 0.2) is 24.3 Å². The second kappa shape index (κ2) is 5.68. The van der Waals surface area contributed by atoms with Crippen molar-refractivity contribution < 1.29 is 9.53 Å². The molecule has 4 atom stereocenters. The Kier molecular flexibility index (Phi) is 3.89. The molecular weight excluding hydrogens is 264 g/mol. The molecule has 114 valence electrons. The Balaban J connectivity index is 1.61. The Labute approximate surface area is 126 Å². The van der Waals surface area contributed by atoms with Crippen molar-refractivity contribution in [1.82, 2.24) is 10.6 Å². The van der Waals surface area contributed by atoms with Crippen LogP contribution in [0.4, 0.5) is 0 Å².